The van der Waals surface area contributed by atoms with Crippen molar-refractivity contribution in [2.45, 2.75) is 76.8 Å². The number of allylic oxidation sites excluding steroid dienone is 1. The molecule has 5 heteroatoms. The van der Waals surface area contributed by atoms with Crippen LogP contribution in [0.2, 0.25) is 0 Å². The number of carbonyl (C=O) groups is 1. The Labute approximate surface area is 161 Å². The van der Waals surface area contributed by atoms with Crippen molar-refractivity contribution in [2.24, 2.45) is 17.8 Å². The van der Waals surface area contributed by atoms with Crippen molar-refractivity contribution in [1.29, 1.82) is 0 Å². The van der Waals surface area contributed by atoms with Crippen LogP contribution >= 0.6 is 0 Å². The molecule has 3 N–H and O–H groups in total. The van der Waals surface area contributed by atoms with E-state index in [1.165, 1.54) is 5.57 Å². The molecule has 2 aliphatic rings. The van der Waals surface area contributed by atoms with Crippen molar-refractivity contribution in [3.05, 3.63) is 12.2 Å². The van der Waals surface area contributed by atoms with Crippen LogP contribution in [0.1, 0.15) is 58.8 Å². The largest absolute Gasteiger partial charge is 0.477 e. The maximum atomic E-state index is 10.7. The first-order chi connectivity index (χ1) is 12.7. The zero-order valence-electron chi connectivity index (χ0n) is 16.2. The molecule has 1 heterocycles. The minimum Gasteiger partial charge on any atom is -0.477 e. The summed E-state index contributed by atoms with van der Waals surface area (Å²) in [6, 6.07) is 0. The fourth-order valence-electron chi connectivity index (χ4n) is 3.57. The molecular weight excluding hydrogens is 344 g/mol. The van der Waals surface area contributed by atoms with Gasteiger partial charge >= 0.3 is 5.97 Å². The highest BCUT2D eigenvalue weighted by Gasteiger charge is 2.45. The molecule has 5 atom stereocenters. The fourth-order valence-corrected chi connectivity index (χ4v) is 3.57. The van der Waals surface area contributed by atoms with E-state index in [0.29, 0.717) is 24.2 Å². The van der Waals surface area contributed by atoms with Crippen LogP contribution in [0.3, 0.4) is 0 Å². The minimum absolute atomic E-state index is 0.0255. The first-order valence-corrected chi connectivity index (χ1v) is 9.63. The van der Waals surface area contributed by atoms with Crippen LogP contribution in [0.4, 0.5) is 0 Å². The lowest BCUT2D eigenvalue weighted by atomic mass is 9.88. The maximum absolute atomic E-state index is 10.7. The molecule has 1 aliphatic carbocycles. The Balaban J connectivity index is 1.80. The lowest BCUT2D eigenvalue weighted by Gasteiger charge is -2.16. The molecule has 0 radical (unpaired) electrons. The van der Waals surface area contributed by atoms with Gasteiger partial charge in [0.25, 0.3) is 5.79 Å². The second-order valence-corrected chi connectivity index (χ2v) is 7.78. The molecule has 2 rings (SSSR count). The monoisotopic (exact) mass is 374 g/mol. The van der Waals surface area contributed by atoms with E-state index in [4.69, 9.17) is 9.84 Å². The van der Waals surface area contributed by atoms with E-state index in [1.54, 1.807) is 0 Å². The van der Waals surface area contributed by atoms with Crippen molar-refractivity contribution in [2.75, 3.05) is 0 Å². The SMILES string of the molecule is C=C1CC[C@H](C#CCC(C)CC#CC)[C@H]1C[C@H]1OC1CCC(O)(O)C(=O)O. The van der Waals surface area contributed by atoms with Gasteiger partial charge in [0.15, 0.2) is 0 Å². The zero-order chi connectivity index (χ0) is 20.0. The lowest BCUT2D eigenvalue weighted by molar-refractivity contribution is -0.205. The summed E-state index contributed by atoms with van der Waals surface area (Å²) in [5.41, 5.74) is 1.21. The van der Waals surface area contributed by atoms with Gasteiger partial charge in [0, 0.05) is 25.2 Å². The fraction of sp³-hybridized carbons (Fsp3) is 0.682. The third-order valence-electron chi connectivity index (χ3n) is 5.45. The topological polar surface area (TPSA) is 90.3 Å². The predicted molar refractivity (Wildman–Crippen MR) is 102 cm³/mol. The Morgan fingerprint density at radius 3 is 2.70 bits per heavy atom. The molecule has 0 aromatic carbocycles. The summed E-state index contributed by atoms with van der Waals surface area (Å²) in [7, 11) is 0. The molecule has 0 bridgehead atoms. The van der Waals surface area contributed by atoms with Gasteiger partial charge in [0.05, 0.1) is 12.2 Å². The highest BCUT2D eigenvalue weighted by molar-refractivity contribution is 5.74. The molecule has 1 aliphatic heterocycles. The van der Waals surface area contributed by atoms with Gasteiger partial charge in [-0.15, -0.1) is 17.8 Å². The molecule has 5 nitrogen and oxygen atoms in total. The molecule has 0 aromatic rings. The van der Waals surface area contributed by atoms with Gasteiger partial charge in [-0.25, -0.2) is 4.79 Å². The van der Waals surface area contributed by atoms with Crippen LogP contribution < -0.4 is 0 Å². The number of ether oxygens (including phenoxy) is 1. The van der Waals surface area contributed by atoms with E-state index in [2.05, 4.69) is 37.2 Å². The van der Waals surface area contributed by atoms with E-state index in [9.17, 15) is 15.0 Å². The van der Waals surface area contributed by atoms with Crippen molar-refractivity contribution in [3.63, 3.8) is 0 Å². The third-order valence-corrected chi connectivity index (χ3v) is 5.45. The first kappa shape index (κ1) is 21.5. The average molecular weight is 374 g/mol. The summed E-state index contributed by atoms with van der Waals surface area (Å²) >= 11 is 0. The van der Waals surface area contributed by atoms with Crippen LogP contribution in [-0.4, -0.2) is 39.3 Å². The van der Waals surface area contributed by atoms with Crippen molar-refractivity contribution in [1.82, 2.24) is 0 Å². The molecule has 1 saturated carbocycles. The summed E-state index contributed by atoms with van der Waals surface area (Å²) in [4.78, 5) is 10.7. The van der Waals surface area contributed by atoms with E-state index >= 15 is 0 Å². The number of aliphatic hydroxyl groups is 2. The van der Waals surface area contributed by atoms with Crippen LogP contribution in [0, 0.1) is 41.4 Å². The average Bonchev–Trinajstić information content (AvgIpc) is 3.28. The van der Waals surface area contributed by atoms with E-state index < -0.39 is 11.8 Å². The second-order valence-electron chi connectivity index (χ2n) is 7.78. The third kappa shape index (κ3) is 6.40. The van der Waals surface area contributed by atoms with Gasteiger partial charge in [-0.1, -0.05) is 25.0 Å². The Bertz CT molecular complexity index is 672. The van der Waals surface area contributed by atoms with Gasteiger partial charge in [0.1, 0.15) is 0 Å². The summed E-state index contributed by atoms with van der Waals surface area (Å²) < 4.78 is 5.62. The van der Waals surface area contributed by atoms with Gasteiger partial charge in [-0.3, -0.25) is 0 Å². The van der Waals surface area contributed by atoms with Crippen molar-refractivity contribution >= 4 is 5.97 Å². The van der Waals surface area contributed by atoms with Crippen LogP contribution in [0.15, 0.2) is 12.2 Å². The van der Waals surface area contributed by atoms with E-state index in [0.717, 1.165) is 32.1 Å². The van der Waals surface area contributed by atoms with Crippen LogP contribution in [0.25, 0.3) is 0 Å². The lowest BCUT2D eigenvalue weighted by Crippen LogP contribution is -2.38. The molecule has 27 heavy (non-hydrogen) atoms. The smallest absolute Gasteiger partial charge is 0.364 e. The van der Waals surface area contributed by atoms with Gasteiger partial charge in [-0.2, -0.15) is 0 Å². The molecule has 2 unspecified atom stereocenters. The number of carboxylic acids is 1. The number of hydrogen-bond donors (Lipinski definition) is 3. The first-order valence-electron chi connectivity index (χ1n) is 9.63. The Morgan fingerprint density at radius 2 is 2.04 bits per heavy atom. The number of carboxylic acid groups (broad SMARTS) is 1. The predicted octanol–water partition coefficient (Wildman–Crippen LogP) is 2.72. The van der Waals surface area contributed by atoms with Gasteiger partial charge in [0.2, 0.25) is 0 Å². The summed E-state index contributed by atoms with van der Waals surface area (Å²) in [6.45, 7) is 8.19. The molecule has 2 fully saturated rings. The van der Waals surface area contributed by atoms with E-state index in [-0.39, 0.29) is 18.6 Å². The van der Waals surface area contributed by atoms with E-state index in [1.807, 2.05) is 6.92 Å². The Kier molecular flexibility index (Phi) is 7.50. The molecule has 0 amide bonds. The highest BCUT2D eigenvalue weighted by atomic mass is 16.6. The van der Waals surface area contributed by atoms with Gasteiger partial charge < -0.3 is 20.1 Å². The van der Waals surface area contributed by atoms with Crippen LogP contribution in [-0.2, 0) is 9.53 Å². The second kappa shape index (κ2) is 9.42. The Hall–Kier alpha value is -1.79. The molecule has 1 saturated heterocycles. The summed E-state index contributed by atoms with van der Waals surface area (Å²) in [6.07, 6.45) is 4.52. The van der Waals surface area contributed by atoms with Gasteiger partial charge in [-0.05, 0) is 44.4 Å². The van der Waals surface area contributed by atoms with Crippen molar-refractivity contribution in [3.8, 4) is 23.7 Å². The molecule has 0 spiro atoms. The molecule has 148 valence electrons. The summed E-state index contributed by atoms with van der Waals surface area (Å²) in [5.74, 6) is 9.49. The highest BCUT2D eigenvalue weighted by Crippen LogP contribution is 2.43. The molecular formula is C22H30O5. The quantitative estimate of drug-likeness (QED) is 0.263. The number of aliphatic carboxylic acids is 1. The normalized spacial score (nSPS) is 27.9. The standard InChI is InChI=1S/C22H30O5/c1-4-5-7-15(2)8-6-9-17-11-10-16(3)18(17)14-20-19(27-20)12-13-22(25,26)21(23)24/h15,17-20,25-26H,3,7-8,10-14H2,1-2H3,(H,23,24)/t15?,17-,18-,19?,20+/m0/s1. The minimum atomic E-state index is -2.68. The molecule has 0 aromatic heterocycles. The van der Waals surface area contributed by atoms with Crippen LogP contribution in [0.5, 0.6) is 0 Å². The number of rotatable bonds is 8. The zero-order valence-corrected chi connectivity index (χ0v) is 16.2. The number of epoxide rings is 1. The van der Waals surface area contributed by atoms with Crippen molar-refractivity contribution < 1.29 is 24.9 Å². The maximum Gasteiger partial charge on any atom is 0.364 e. The Morgan fingerprint density at radius 1 is 1.33 bits per heavy atom. The summed E-state index contributed by atoms with van der Waals surface area (Å²) in [5, 5.41) is 27.5. The number of hydrogen-bond acceptors (Lipinski definition) is 4.